The van der Waals surface area contributed by atoms with Gasteiger partial charge in [-0.2, -0.15) is 11.8 Å². The Morgan fingerprint density at radius 3 is 2.76 bits per heavy atom. The first-order valence-electron chi connectivity index (χ1n) is 16.0. The molecule has 0 bridgehead atoms. The maximum Gasteiger partial charge on any atom is 0.308 e. The summed E-state index contributed by atoms with van der Waals surface area (Å²) in [4.78, 5) is 33.2. The summed E-state index contributed by atoms with van der Waals surface area (Å²) >= 11 is 8.55. The van der Waals surface area contributed by atoms with E-state index in [0.29, 0.717) is 36.8 Å². The third-order valence-corrected chi connectivity index (χ3v) is 12.6. The Balaban J connectivity index is 1.14. The van der Waals surface area contributed by atoms with Crippen LogP contribution in [0.3, 0.4) is 0 Å². The summed E-state index contributed by atoms with van der Waals surface area (Å²) in [5, 5.41) is 13.8. The zero-order valence-electron chi connectivity index (χ0n) is 24.6. The Morgan fingerprint density at radius 1 is 1.17 bits per heavy atom. The predicted molar refractivity (Wildman–Crippen MR) is 163 cm³/mol. The van der Waals surface area contributed by atoms with E-state index in [1.54, 1.807) is 0 Å². The molecule has 1 saturated carbocycles. The molecular formula is C31H47ClN4O4S. The van der Waals surface area contributed by atoms with E-state index in [1.807, 2.05) is 23.3 Å². The van der Waals surface area contributed by atoms with Crippen LogP contribution in [-0.4, -0.2) is 85.8 Å². The molecule has 0 radical (unpaired) electrons. The van der Waals surface area contributed by atoms with Gasteiger partial charge in [-0.3, -0.25) is 14.2 Å². The molecule has 2 N–H and O–H groups in total. The first kappa shape index (κ1) is 29.9. The minimum absolute atomic E-state index is 0.000777. The monoisotopic (exact) mass is 606 g/mol. The van der Waals surface area contributed by atoms with Gasteiger partial charge >= 0.3 is 5.97 Å². The van der Waals surface area contributed by atoms with Crippen molar-refractivity contribution in [2.24, 2.45) is 17.8 Å². The van der Waals surface area contributed by atoms with Gasteiger partial charge in [0, 0.05) is 40.1 Å². The van der Waals surface area contributed by atoms with Crippen molar-refractivity contribution in [3.63, 3.8) is 0 Å². The Labute approximate surface area is 253 Å². The number of thioether (sulfide) groups is 1. The van der Waals surface area contributed by atoms with Gasteiger partial charge in [0.1, 0.15) is 5.82 Å². The van der Waals surface area contributed by atoms with E-state index in [4.69, 9.17) is 21.3 Å². The van der Waals surface area contributed by atoms with Crippen LogP contribution >= 0.6 is 23.4 Å². The third-order valence-electron chi connectivity index (χ3n) is 10.7. The molecule has 8 nitrogen and oxygen atoms in total. The second-order valence-corrected chi connectivity index (χ2v) is 15.1. The molecule has 5 aliphatic rings. The Bertz CT molecular complexity index is 1160. The maximum absolute atomic E-state index is 13.7. The Morgan fingerprint density at radius 2 is 1.98 bits per heavy atom. The van der Waals surface area contributed by atoms with Crippen molar-refractivity contribution in [1.29, 1.82) is 0 Å². The minimum Gasteiger partial charge on any atom is -0.481 e. The molecule has 9 atom stereocenters. The fourth-order valence-electron chi connectivity index (χ4n) is 8.58. The molecule has 2 aliphatic carbocycles. The highest BCUT2D eigenvalue weighted by atomic mass is 35.5. The highest BCUT2D eigenvalue weighted by Crippen LogP contribution is 2.48. The Kier molecular flexibility index (Phi) is 9.38. The van der Waals surface area contributed by atoms with Gasteiger partial charge in [-0.1, -0.05) is 6.42 Å². The number of aryl methyl sites for hydroxylation is 2. The molecular weight excluding hydrogens is 560 g/mol. The predicted octanol–water partition coefficient (Wildman–Crippen LogP) is 3.87. The number of carboxylic acid groups (broad SMARTS) is 1. The SMILES string of the molecule is Cc1nc2c(c(=O)n1CCOC1CCC(Cl)CC1C1CC(C)NC3C(C(=O)O)CSC13)C[C@H](N1CCCCC1)CC2. The lowest BCUT2D eigenvalue weighted by Crippen LogP contribution is -2.57. The summed E-state index contributed by atoms with van der Waals surface area (Å²) in [5.41, 5.74) is 2.04. The van der Waals surface area contributed by atoms with Crippen LogP contribution in [0.1, 0.15) is 75.4 Å². The van der Waals surface area contributed by atoms with E-state index in [-0.39, 0.29) is 40.3 Å². The lowest BCUT2D eigenvalue weighted by Gasteiger charge is -2.47. The number of hydrogen-bond donors (Lipinski definition) is 2. The van der Waals surface area contributed by atoms with E-state index in [9.17, 15) is 14.7 Å². The minimum atomic E-state index is -0.696. The van der Waals surface area contributed by atoms with Crippen LogP contribution < -0.4 is 10.9 Å². The van der Waals surface area contributed by atoms with Gasteiger partial charge in [0.2, 0.25) is 0 Å². The summed E-state index contributed by atoms with van der Waals surface area (Å²) in [6, 6.07) is 0.732. The lowest BCUT2D eigenvalue weighted by molar-refractivity contribution is -0.142. The second-order valence-electron chi connectivity index (χ2n) is 13.3. The average Bonchev–Trinajstić information content (AvgIpc) is 3.39. The standard InChI is InChI=1S/C31H47ClN4O4S/c1-18-14-23(29-28(33-18)25(17-41-29)31(38)39)22-15-20(32)6-9-27(22)40-13-12-36-19(2)34-26-8-7-21(16-24(26)30(36)37)35-10-4-3-5-11-35/h18,20-23,25,27-29,33H,3-17H2,1-2H3,(H,38,39)/t18?,20?,21-,22?,23?,25?,27?,28?,29?/m1/s1. The number of aliphatic carboxylic acids is 1. The van der Waals surface area contributed by atoms with Crippen LogP contribution in [0.4, 0.5) is 0 Å². The van der Waals surface area contributed by atoms with Crippen LogP contribution in [0.2, 0.25) is 0 Å². The molecule has 0 aromatic carbocycles. The molecule has 4 fully saturated rings. The number of nitrogens with zero attached hydrogens (tertiary/aromatic N) is 3. The second kappa shape index (κ2) is 12.8. The zero-order valence-corrected chi connectivity index (χ0v) is 26.2. The first-order valence-corrected chi connectivity index (χ1v) is 17.5. The molecule has 3 aliphatic heterocycles. The molecule has 1 aromatic rings. The number of carbonyl (C=O) groups is 1. The largest absolute Gasteiger partial charge is 0.481 e. The van der Waals surface area contributed by atoms with Gasteiger partial charge in [-0.25, -0.2) is 4.98 Å². The van der Waals surface area contributed by atoms with E-state index in [1.165, 1.54) is 19.3 Å². The topological polar surface area (TPSA) is 96.7 Å². The van der Waals surface area contributed by atoms with Crippen molar-refractivity contribution in [1.82, 2.24) is 19.8 Å². The summed E-state index contributed by atoms with van der Waals surface area (Å²) in [6.45, 7) is 7.42. The van der Waals surface area contributed by atoms with Gasteiger partial charge in [-0.05, 0) is 96.6 Å². The molecule has 6 rings (SSSR count). The van der Waals surface area contributed by atoms with Gasteiger partial charge in [-0.15, -0.1) is 11.6 Å². The summed E-state index contributed by atoms with van der Waals surface area (Å²) in [5.74, 6) is 1.08. The third kappa shape index (κ3) is 6.26. The molecule has 4 heterocycles. The van der Waals surface area contributed by atoms with Crippen molar-refractivity contribution in [2.45, 2.75) is 119 Å². The van der Waals surface area contributed by atoms with E-state index in [0.717, 1.165) is 75.1 Å². The molecule has 10 heteroatoms. The average molecular weight is 607 g/mol. The van der Waals surface area contributed by atoms with Crippen molar-refractivity contribution in [3.8, 4) is 0 Å². The van der Waals surface area contributed by atoms with Gasteiger partial charge in [0.05, 0.1) is 30.9 Å². The molecule has 1 aromatic heterocycles. The number of alkyl halides is 1. The van der Waals surface area contributed by atoms with Gasteiger partial charge < -0.3 is 20.1 Å². The summed E-state index contributed by atoms with van der Waals surface area (Å²) < 4.78 is 8.47. The molecule has 41 heavy (non-hydrogen) atoms. The fourth-order valence-corrected chi connectivity index (χ4v) is 10.7. The number of likely N-dealkylation sites (tertiary alicyclic amines) is 1. The first-order chi connectivity index (χ1) is 19.8. The smallest absolute Gasteiger partial charge is 0.308 e. The normalized spacial score (nSPS) is 37.9. The highest BCUT2D eigenvalue weighted by Gasteiger charge is 2.51. The number of aromatic nitrogens is 2. The van der Waals surface area contributed by atoms with Crippen LogP contribution in [-0.2, 0) is 28.9 Å². The zero-order chi connectivity index (χ0) is 28.7. The van der Waals surface area contributed by atoms with Crippen LogP contribution in [0.25, 0.3) is 0 Å². The number of carboxylic acids is 1. The lowest BCUT2D eigenvalue weighted by atomic mass is 9.70. The van der Waals surface area contributed by atoms with Crippen molar-refractivity contribution >= 4 is 29.3 Å². The maximum atomic E-state index is 13.7. The number of fused-ring (bicyclic) bond motifs is 2. The van der Waals surface area contributed by atoms with Crippen molar-refractivity contribution < 1.29 is 14.6 Å². The summed E-state index contributed by atoms with van der Waals surface area (Å²) in [6.07, 6.45) is 10.5. The van der Waals surface area contributed by atoms with Crippen LogP contribution in [0, 0.1) is 24.7 Å². The van der Waals surface area contributed by atoms with Gasteiger partial charge in [0.15, 0.2) is 0 Å². The quantitative estimate of drug-likeness (QED) is 0.452. The summed E-state index contributed by atoms with van der Waals surface area (Å²) in [7, 11) is 0. The molecule has 228 valence electrons. The number of piperidine rings is 2. The fraction of sp³-hybridized carbons (Fsp3) is 0.839. The molecule has 0 amide bonds. The van der Waals surface area contributed by atoms with E-state index in [2.05, 4.69) is 17.1 Å². The Hall–Kier alpha value is -1.13. The number of hydrogen-bond acceptors (Lipinski definition) is 7. The van der Waals surface area contributed by atoms with E-state index < -0.39 is 5.97 Å². The van der Waals surface area contributed by atoms with Gasteiger partial charge in [0.25, 0.3) is 5.56 Å². The number of rotatable bonds is 7. The molecule has 0 spiro atoms. The van der Waals surface area contributed by atoms with Crippen LogP contribution in [0.15, 0.2) is 4.79 Å². The van der Waals surface area contributed by atoms with Crippen LogP contribution in [0.5, 0.6) is 0 Å². The van der Waals surface area contributed by atoms with Crippen molar-refractivity contribution in [3.05, 3.63) is 27.4 Å². The van der Waals surface area contributed by atoms with E-state index >= 15 is 0 Å². The molecule has 3 saturated heterocycles. The highest BCUT2D eigenvalue weighted by molar-refractivity contribution is 8.00. The van der Waals surface area contributed by atoms with Crippen molar-refractivity contribution in [2.75, 3.05) is 25.4 Å². The number of nitrogens with one attached hydrogen (secondary N) is 1. The number of ether oxygens (including phenoxy) is 1. The molecule has 8 unspecified atom stereocenters. The number of halogens is 1.